The molecule has 2 aromatic carbocycles. The van der Waals surface area contributed by atoms with Crippen molar-refractivity contribution in [3.05, 3.63) is 81.9 Å². The summed E-state index contributed by atoms with van der Waals surface area (Å²) in [5.41, 5.74) is 1.73. The van der Waals surface area contributed by atoms with Gasteiger partial charge in [-0.1, -0.05) is 30.3 Å². The van der Waals surface area contributed by atoms with Crippen LogP contribution in [0, 0.1) is 0 Å². The van der Waals surface area contributed by atoms with Crippen molar-refractivity contribution in [1.82, 2.24) is 19.7 Å². The Labute approximate surface area is 166 Å². The number of nitrogens with one attached hydrogen (secondary N) is 2. The summed E-state index contributed by atoms with van der Waals surface area (Å²) >= 11 is 0. The van der Waals surface area contributed by atoms with Crippen LogP contribution >= 0.6 is 0 Å². The molecule has 2 N–H and O–H groups in total. The highest BCUT2D eigenvalue weighted by Crippen LogP contribution is 2.18. The molecule has 4 aromatic rings. The highest BCUT2D eigenvalue weighted by molar-refractivity contribution is 6.11. The lowest BCUT2D eigenvalue weighted by atomic mass is 10.1. The van der Waals surface area contributed by atoms with E-state index in [0.29, 0.717) is 23.1 Å². The number of fused-ring (bicyclic) bond motifs is 1. The van der Waals surface area contributed by atoms with Crippen molar-refractivity contribution in [1.29, 1.82) is 0 Å². The minimum atomic E-state index is -0.436. The second-order valence-electron chi connectivity index (χ2n) is 6.56. The first-order valence-electron chi connectivity index (χ1n) is 8.99. The summed E-state index contributed by atoms with van der Waals surface area (Å²) in [7, 11) is 3.29. The predicted molar refractivity (Wildman–Crippen MR) is 109 cm³/mol. The van der Waals surface area contributed by atoms with E-state index in [0.717, 1.165) is 11.3 Å². The summed E-state index contributed by atoms with van der Waals surface area (Å²) in [5, 5.41) is 10.2. The number of methoxy groups -OCH3 is 1. The Morgan fingerprint density at radius 1 is 1.17 bits per heavy atom. The van der Waals surface area contributed by atoms with Crippen LogP contribution in [0.3, 0.4) is 0 Å². The summed E-state index contributed by atoms with van der Waals surface area (Å²) < 4.78 is 6.65. The molecular formula is C21H19N5O3. The number of anilines is 1. The normalized spacial score (nSPS) is 10.8. The average Bonchev–Trinajstić information content (AvgIpc) is 3.18. The molecule has 0 saturated heterocycles. The SMILES string of the molecule is COc1ccc(Cc2nc(NC(=O)c3cc(=O)n(C)c4ccccc34)n[nH]2)cc1. The molecular weight excluding hydrogens is 370 g/mol. The number of H-pyrrole nitrogens is 1. The molecule has 0 bridgehead atoms. The van der Waals surface area contributed by atoms with E-state index in [9.17, 15) is 9.59 Å². The number of aromatic amines is 1. The number of hydrogen-bond acceptors (Lipinski definition) is 5. The standard InChI is InChI=1S/C21H19N5O3/c1-26-17-6-4-3-5-15(17)16(12-19(26)27)20(28)23-21-22-18(24-25-21)11-13-7-9-14(29-2)10-8-13/h3-10,12H,11H2,1-2H3,(H2,22,23,24,25,28). The van der Waals surface area contributed by atoms with E-state index in [1.807, 2.05) is 36.4 Å². The van der Waals surface area contributed by atoms with Crippen molar-refractivity contribution >= 4 is 22.8 Å². The number of nitrogens with zero attached hydrogens (tertiary/aromatic N) is 3. The molecule has 0 atom stereocenters. The Morgan fingerprint density at radius 3 is 2.69 bits per heavy atom. The van der Waals surface area contributed by atoms with Crippen LogP contribution in [0.2, 0.25) is 0 Å². The van der Waals surface area contributed by atoms with Gasteiger partial charge in [-0.15, -0.1) is 5.10 Å². The third-order valence-electron chi connectivity index (χ3n) is 4.69. The first kappa shape index (κ1) is 18.4. The lowest BCUT2D eigenvalue weighted by molar-refractivity contribution is 0.102. The molecule has 0 spiro atoms. The van der Waals surface area contributed by atoms with Crippen molar-refractivity contribution in [2.45, 2.75) is 6.42 Å². The maximum absolute atomic E-state index is 12.8. The Balaban J connectivity index is 1.55. The minimum Gasteiger partial charge on any atom is -0.497 e. The molecule has 0 aliphatic rings. The summed E-state index contributed by atoms with van der Waals surface area (Å²) in [6.07, 6.45) is 0.529. The van der Waals surface area contributed by atoms with Gasteiger partial charge >= 0.3 is 0 Å². The smallest absolute Gasteiger partial charge is 0.258 e. The van der Waals surface area contributed by atoms with E-state index in [4.69, 9.17) is 4.74 Å². The van der Waals surface area contributed by atoms with Crippen LogP contribution in [0.15, 0.2) is 59.4 Å². The van der Waals surface area contributed by atoms with Crippen LogP contribution in [0.5, 0.6) is 5.75 Å². The van der Waals surface area contributed by atoms with E-state index in [1.165, 1.54) is 10.6 Å². The number of aryl methyl sites for hydroxylation is 1. The molecule has 0 aliphatic carbocycles. The van der Waals surface area contributed by atoms with Gasteiger partial charge in [-0.05, 0) is 23.8 Å². The monoisotopic (exact) mass is 389 g/mol. The van der Waals surface area contributed by atoms with Crippen LogP contribution in [-0.4, -0.2) is 32.8 Å². The number of carbonyl (C=O) groups is 1. The molecule has 2 aromatic heterocycles. The summed E-state index contributed by atoms with van der Waals surface area (Å²) in [6, 6.07) is 16.2. The number of hydrogen-bond donors (Lipinski definition) is 2. The second-order valence-corrected chi connectivity index (χ2v) is 6.56. The third-order valence-corrected chi connectivity index (χ3v) is 4.69. The zero-order valence-corrected chi connectivity index (χ0v) is 16.0. The molecule has 146 valence electrons. The Morgan fingerprint density at radius 2 is 1.93 bits per heavy atom. The van der Waals surface area contributed by atoms with Crippen LogP contribution in [0.25, 0.3) is 10.9 Å². The van der Waals surface area contributed by atoms with Crippen LogP contribution in [-0.2, 0) is 13.5 Å². The number of pyridine rings is 1. The Hall–Kier alpha value is -3.94. The number of para-hydroxylation sites is 1. The Kier molecular flexibility index (Phi) is 4.82. The van der Waals surface area contributed by atoms with E-state index < -0.39 is 5.91 Å². The fourth-order valence-electron chi connectivity index (χ4n) is 3.13. The third kappa shape index (κ3) is 3.73. The van der Waals surface area contributed by atoms with Gasteiger partial charge in [0, 0.05) is 24.9 Å². The van der Waals surface area contributed by atoms with Gasteiger partial charge in [0.05, 0.1) is 18.2 Å². The van der Waals surface area contributed by atoms with Crippen molar-refractivity contribution < 1.29 is 9.53 Å². The zero-order valence-electron chi connectivity index (χ0n) is 16.0. The predicted octanol–water partition coefficient (Wildman–Crippen LogP) is 2.51. The zero-order chi connectivity index (χ0) is 20.4. The molecule has 0 aliphatic heterocycles. The fraction of sp³-hybridized carbons (Fsp3) is 0.143. The van der Waals surface area contributed by atoms with Gasteiger partial charge in [0.1, 0.15) is 11.6 Å². The lowest BCUT2D eigenvalue weighted by Gasteiger charge is -2.09. The molecule has 0 saturated carbocycles. The van der Waals surface area contributed by atoms with E-state index in [2.05, 4.69) is 20.5 Å². The van der Waals surface area contributed by atoms with Gasteiger partial charge < -0.3 is 9.30 Å². The molecule has 29 heavy (non-hydrogen) atoms. The van der Waals surface area contributed by atoms with Crippen molar-refractivity contribution in [3.63, 3.8) is 0 Å². The second kappa shape index (κ2) is 7.59. The maximum Gasteiger partial charge on any atom is 0.258 e. The van der Waals surface area contributed by atoms with Crippen molar-refractivity contribution in [3.8, 4) is 5.75 Å². The first-order valence-corrected chi connectivity index (χ1v) is 8.99. The van der Waals surface area contributed by atoms with E-state index in [-0.39, 0.29) is 17.1 Å². The molecule has 1 amide bonds. The van der Waals surface area contributed by atoms with E-state index >= 15 is 0 Å². The first-order chi connectivity index (χ1) is 14.0. The molecule has 8 heteroatoms. The van der Waals surface area contributed by atoms with Crippen LogP contribution in [0.1, 0.15) is 21.7 Å². The lowest BCUT2D eigenvalue weighted by Crippen LogP contribution is -2.22. The van der Waals surface area contributed by atoms with Gasteiger partial charge in [-0.25, -0.2) is 0 Å². The number of ether oxygens (including phenoxy) is 1. The maximum atomic E-state index is 12.8. The largest absolute Gasteiger partial charge is 0.497 e. The number of benzene rings is 2. The molecule has 0 radical (unpaired) electrons. The number of aromatic nitrogens is 4. The van der Waals surface area contributed by atoms with Gasteiger partial charge in [0.2, 0.25) is 5.95 Å². The molecule has 0 fully saturated rings. The molecule has 0 unspecified atom stereocenters. The Bertz CT molecular complexity index is 1240. The van der Waals surface area contributed by atoms with Gasteiger partial charge in [0.15, 0.2) is 0 Å². The van der Waals surface area contributed by atoms with Crippen LogP contribution in [0.4, 0.5) is 5.95 Å². The van der Waals surface area contributed by atoms with Crippen molar-refractivity contribution in [2.24, 2.45) is 7.05 Å². The van der Waals surface area contributed by atoms with Gasteiger partial charge in [-0.3, -0.25) is 20.0 Å². The van der Waals surface area contributed by atoms with Gasteiger partial charge in [-0.2, -0.15) is 4.98 Å². The molecule has 2 heterocycles. The topological polar surface area (TPSA) is 102 Å². The molecule has 4 rings (SSSR count). The minimum absolute atomic E-state index is 0.156. The highest BCUT2D eigenvalue weighted by Gasteiger charge is 2.15. The molecule has 8 nitrogen and oxygen atoms in total. The van der Waals surface area contributed by atoms with Crippen molar-refractivity contribution in [2.75, 3.05) is 12.4 Å². The van der Waals surface area contributed by atoms with E-state index in [1.54, 1.807) is 26.3 Å². The number of amides is 1. The summed E-state index contributed by atoms with van der Waals surface area (Å²) in [4.78, 5) is 29.3. The number of rotatable bonds is 5. The average molecular weight is 389 g/mol. The fourth-order valence-corrected chi connectivity index (χ4v) is 3.13. The van der Waals surface area contributed by atoms with Crippen LogP contribution < -0.4 is 15.6 Å². The summed E-state index contributed by atoms with van der Waals surface area (Å²) in [6.45, 7) is 0. The van der Waals surface area contributed by atoms with Gasteiger partial charge in [0.25, 0.3) is 11.5 Å². The summed E-state index contributed by atoms with van der Waals surface area (Å²) in [5.74, 6) is 1.11. The quantitative estimate of drug-likeness (QED) is 0.546. The number of carbonyl (C=O) groups excluding carboxylic acids is 1. The highest BCUT2D eigenvalue weighted by atomic mass is 16.5.